The first-order chi connectivity index (χ1) is 13.2. The summed E-state index contributed by atoms with van der Waals surface area (Å²) in [6, 6.07) is 12.5. The van der Waals surface area contributed by atoms with Gasteiger partial charge in [-0.25, -0.2) is 0 Å². The van der Waals surface area contributed by atoms with Crippen molar-refractivity contribution < 1.29 is 9.32 Å². The molecule has 0 fully saturated rings. The lowest BCUT2D eigenvalue weighted by molar-refractivity contribution is 0.0941. The molecule has 0 saturated heterocycles. The van der Waals surface area contributed by atoms with Gasteiger partial charge in [0.15, 0.2) is 0 Å². The van der Waals surface area contributed by atoms with Gasteiger partial charge in [0.25, 0.3) is 5.91 Å². The maximum absolute atomic E-state index is 12.3. The summed E-state index contributed by atoms with van der Waals surface area (Å²) in [5, 5.41) is 14.0. The molecule has 3 aromatic heterocycles. The molecule has 0 spiro atoms. The van der Waals surface area contributed by atoms with Gasteiger partial charge in [0.05, 0.1) is 17.3 Å². The van der Waals surface area contributed by atoms with Crippen molar-refractivity contribution in [2.75, 3.05) is 0 Å². The zero-order valence-electron chi connectivity index (χ0n) is 13.9. The molecule has 1 amide bonds. The fourth-order valence-corrected chi connectivity index (χ4v) is 2.67. The molecule has 3 heterocycles. The standard InChI is InChI=1S/C18H13ClN6O2/c19-13-4-2-1-3-12(13)14-9-15(24-23-14)18(26)21-10-16-22-17(25-27-16)11-5-7-20-8-6-11/h1-9H,10H2,(H,21,26)(H,23,24). The van der Waals surface area contributed by atoms with Crippen LogP contribution in [0.25, 0.3) is 22.6 Å². The third kappa shape index (κ3) is 3.70. The van der Waals surface area contributed by atoms with E-state index in [0.29, 0.717) is 28.1 Å². The van der Waals surface area contributed by atoms with Crippen LogP contribution in [0.4, 0.5) is 0 Å². The monoisotopic (exact) mass is 380 g/mol. The van der Waals surface area contributed by atoms with E-state index in [2.05, 4.69) is 30.6 Å². The van der Waals surface area contributed by atoms with Crippen molar-refractivity contribution >= 4 is 17.5 Å². The van der Waals surface area contributed by atoms with Crippen LogP contribution in [0.5, 0.6) is 0 Å². The van der Waals surface area contributed by atoms with Crippen LogP contribution < -0.4 is 5.32 Å². The largest absolute Gasteiger partial charge is 0.342 e. The van der Waals surface area contributed by atoms with Crippen LogP contribution in [-0.2, 0) is 6.54 Å². The molecule has 2 N–H and O–H groups in total. The number of carbonyl (C=O) groups excluding carboxylic acids is 1. The molecule has 4 aromatic rings. The zero-order chi connectivity index (χ0) is 18.6. The van der Waals surface area contributed by atoms with Crippen LogP contribution in [0.3, 0.4) is 0 Å². The van der Waals surface area contributed by atoms with Gasteiger partial charge in [-0.1, -0.05) is 35.0 Å². The number of carbonyl (C=O) groups is 1. The van der Waals surface area contributed by atoms with Gasteiger partial charge in [-0.15, -0.1) is 0 Å². The van der Waals surface area contributed by atoms with Crippen molar-refractivity contribution in [2.24, 2.45) is 0 Å². The van der Waals surface area contributed by atoms with Crippen molar-refractivity contribution in [1.82, 2.24) is 30.6 Å². The van der Waals surface area contributed by atoms with Crippen molar-refractivity contribution in [2.45, 2.75) is 6.54 Å². The average molecular weight is 381 g/mol. The van der Waals surface area contributed by atoms with E-state index in [1.807, 2.05) is 18.2 Å². The molecule has 0 aliphatic heterocycles. The quantitative estimate of drug-likeness (QED) is 0.550. The Labute approximate surface area is 158 Å². The number of nitrogens with zero attached hydrogens (tertiary/aromatic N) is 4. The maximum atomic E-state index is 12.3. The van der Waals surface area contributed by atoms with Crippen molar-refractivity contribution in [1.29, 1.82) is 0 Å². The number of hydrogen-bond acceptors (Lipinski definition) is 6. The van der Waals surface area contributed by atoms with Gasteiger partial charge in [-0.2, -0.15) is 10.1 Å². The summed E-state index contributed by atoms with van der Waals surface area (Å²) in [5.74, 6) is 0.384. The maximum Gasteiger partial charge on any atom is 0.269 e. The third-order valence-electron chi connectivity index (χ3n) is 3.78. The first-order valence-electron chi connectivity index (χ1n) is 8.02. The second kappa shape index (κ2) is 7.38. The molecular weight excluding hydrogens is 368 g/mol. The van der Waals surface area contributed by atoms with Gasteiger partial charge in [-0.05, 0) is 24.3 Å². The van der Waals surface area contributed by atoms with E-state index in [1.54, 1.807) is 36.7 Å². The SMILES string of the molecule is O=C(NCc1nc(-c2ccncc2)no1)c1cc(-c2ccccc2Cl)n[nH]1. The van der Waals surface area contributed by atoms with E-state index < -0.39 is 0 Å². The van der Waals surface area contributed by atoms with Gasteiger partial charge in [-0.3, -0.25) is 14.9 Å². The number of pyridine rings is 1. The smallest absolute Gasteiger partial charge is 0.269 e. The number of aromatic amines is 1. The molecule has 4 rings (SSSR count). The molecule has 27 heavy (non-hydrogen) atoms. The van der Waals surface area contributed by atoms with Crippen LogP contribution >= 0.6 is 11.6 Å². The minimum absolute atomic E-state index is 0.0946. The summed E-state index contributed by atoms with van der Waals surface area (Å²) in [6.07, 6.45) is 3.28. The van der Waals surface area contributed by atoms with Crippen LogP contribution in [0.2, 0.25) is 5.02 Å². The number of H-pyrrole nitrogens is 1. The summed E-state index contributed by atoms with van der Waals surface area (Å²) in [4.78, 5) is 20.5. The van der Waals surface area contributed by atoms with Crippen LogP contribution in [-0.4, -0.2) is 31.2 Å². The normalized spacial score (nSPS) is 10.7. The average Bonchev–Trinajstić information content (AvgIpc) is 3.37. The van der Waals surface area contributed by atoms with Gasteiger partial charge in [0, 0.05) is 23.5 Å². The Bertz CT molecular complexity index is 1080. The lowest BCUT2D eigenvalue weighted by Crippen LogP contribution is -2.23. The number of halogens is 1. The van der Waals surface area contributed by atoms with Crippen molar-refractivity contribution in [3.63, 3.8) is 0 Å². The first kappa shape index (κ1) is 16.9. The Morgan fingerprint density at radius 3 is 2.81 bits per heavy atom. The summed E-state index contributed by atoms with van der Waals surface area (Å²) < 4.78 is 5.16. The topological polar surface area (TPSA) is 110 Å². The number of rotatable bonds is 5. The van der Waals surface area contributed by atoms with E-state index >= 15 is 0 Å². The molecule has 0 aliphatic carbocycles. The highest BCUT2D eigenvalue weighted by molar-refractivity contribution is 6.33. The number of hydrogen-bond donors (Lipinski definition) is 2. The molecule has 1 aromatic carbocycles. The molecule has 0 saturated carbocycles. The fraction of sp³-hybridized carbons (Fsp3) is 0.0556. The summed E-state index contributed by atoms with van der Waals surface area (Å²) in [7, 11) is 0. The Hall–Kier alpha value is -3.52. The molecule has 0 atom stereocenters. The van der Waals surface area contributed by atoms with E-state index in [9.17, 15) is 4.79 Å². The highest BCUT2D eigenvalue weighted by Gasteiger charge is 2.14. The van der Waals surface area contributed by atoms with E-state index in [1.165, 1.54) is 0 Å². The molecule has 0 bridgehead atoms. The van der Waals surface area contributed by atoms with Crippen LogP contribution in [0, 0.1) is 0 Å². The number of benzene rings is 1. The van der Waals surface area contributed by atoms with Gasteiger partial charge < -0.3 is 9.84 Å². The molecule has 134 valence electrons. The summed E-state index contributed by atoms with van der Waals surface area (Å²) >= 11 is 6.16. The summed E-state index contributed by atoms with van der Waals surface area (Å²) in [5.41, 5.74) is 2.42. The number of amides is 1. The molecule has 0 radical (unpaired) electrons. The highest BCUT2D eigenvalue weighted by Crippen LogP contribution is 2.26. The van der Waals surface area contributed by atoms with Crippen molar-refractivity contribution in [3.8, 4) is 22.6 Å². The lowest BCUT2D eigenvalue weighted by Gasteiger charge is -1.99. The Morgan fingerprint density at radius 1 is 1.19 bits per heavy atom. The van der Waals surface area contributed by atoms with E-state index in [-0.39, 0.29) is 12.5 Å². The zero-order valence-corrected chi connectivity index (χ0v) is 14.6. The second-order valence-corrected chi connectivity index (χ2v) is 5.98. The van der Waals surface area contributed by atoms with Crippen LogP contribution in [0.15, 0.2) is 59.4 Å². The van der Waals surface area contributed by atoms with Crippen LogP contribution in [0.1, 0.15) is 16.4 Å². The molecule has 9 heteroatoms. The van der Waals surface area contributed by atoms with Gasteiger partial charge >= 0.3 is 0 Å². The molecule has 8 nitrogen and oxygen atoms in total. The van der Waals surface area contributed by atoms with Gasteiger partial charge in [0.1, 0.15) is 5.69 Å². The van der Waals surface area contributed by atoms with Crippen molar-refractivity contribution in [3.05, 3.63) is 71.5 Å². The minimum Gasteiger partial charge on any atom is -0.342 e. The first-order valence-corrected chi connectivity index (χ1v) is 8.40. The minimum atomic E-state index is -0.343. The second-order valence-electron chi connectivity index (χ2n) is 5.58. The predicted octanol–water partition coefficient (Wildman–Crippen LogP) is 3.11. The Morgan fingerprint density at radius 2 is 2.00 bits per heavy atom. The fourth-order valence-electron chi connectivity index (χ4n) is 2.44. The Kier molecular flexibility index (Phi) is 4.63. The molecular formula is C18H13ClN6O2. The molecule has 0 unspecified atom stereocenters. The molecule has 0 aliphatic rings. The van der Waals surface area contributed by atoms with E-state index in [4.69, 9.17) is 16.1 Å². The summed E-state index contributed by atoms with van der Waals surface area (Å²) in [6.45, 7) is 0.0946. The lowest BCUT2D eigenvalue weighted by atomic mass is 10.1. The van der Waals surface area contributed by atoms with Gasteiger partial charge in [0.2, 0.25) is 11.7 Å². The van der Waals surface area contributed by atoms with E-state index in [0.717, 1.165) is 11.1 Å². The number of aromatic nitrogens is 5. The predicted molar refractivity (Wildman–Crippen MR) is 97.7 cm³/mol. The number of nitrogens with one attached hydrogen (secondary N) is 2. The third-order valence-corrected chi connectivity index (χ3v) is 4.11. The highest BCUT2D eigenvalue weighted by atomic mass is 35.5. The Balaban J connectivity index is 1.42.